The fourth-order valence-electron chi connectivity index (χ4n) is 2.42. The molecule has 0 bridgehead atoms. The van der Waals surface area contributed by atoms with Crippen LogP contribution < -0.4 is 0 Å². The molecule has 15 heavy (non-hydrogen) atoms. The van der Waals surface area contributed by atoms with Gasteiger partial charge < -0.3 is 9.94 Å². The molecule has 1 saturated heterocycles. The number of carbonyl (C=O) groups excluding carboxylic acids is 1. The van der Waals surface area contributed by atoms with Crippen molar-refractivity contribution in [3.05, 3.63) is 35.4 Å². The first-order chi connectivity index (χ1) is 7.31. The Kier molecular flexibility index (Phi) is 1.59. The minimum absolute atomic E-state index is 0.130. The molecule has 76 valence electrons. The summed E-state index contributed by atoms with van der Waals surface area (Å²) in [4.78, 5) is 11.3. The maximum absolute atomic E-state index is 11.3. The van der Waals surface area contributed by atoms with Crippen molar-refractivity contribution in [2.75, 3.05) is 0 Å². The van der Waals surface area contributed by atoms with Crippen molar-refractivity contribution >= 4 is 11.7 Å². The van der Waals surface area contributed by atoms with Gasteiger partial charge in [0.15, 0.2) is 5.71 Å². The van der Waals surface area contributed by atoms with Gasteiger partial charge in [-0.3, -0.25) is 0 Å². The van der Waals surface area contributed by atoms with Crippen molar-refractivity contribution in [2.45, 2.75) is 18.4 Å². The summed E-state index contributed by atoms with van der Waals surface area (Å²) in [5, 5.41) is 11.8. The minimum Gasteiger partial charge on any atom is -0.456 e. The van der Waals surface area contributed by atoms with E-state index in [1.165, 1.54) is 5.56 Å². The minimum atomic E-state index is -0.498. The Morgan fingerprint density at radius 1 is 1.40 bits per heavy atom. The van der Waals surface area contributed by atoms with E-state index in [1.807, 2.05) is 24.3 Å². The van der Waals surface area contributed by atoms with Crippen LogP contribution in [-0.4, -0.2) is 23.0 Å². The Hall–Kier alpha value is -1.84. The number of benzene rings is 1. The zero-order valence-electron chi connectivity index (χ0n) is 7.88. The van der Waals surface area contributed by atoms with Crippen molar-refractivity contribution in [3.63, 3.8) is 0 Å². The molecule has 1 aromatic rings. The number of nitrogens with zero attached hydrogens (tertiary/aromatic N) is 1. The second-order valence-electron chi connectivity index (χ2n) is 3.81. The lowest BCUT2D eigenvalue weighted by Gasteiger charge is -2.05. The summed E-state index contributed by atoms with van der Waals surface area (Å²) in [6.07, 6.45) is 0.534. The zero-order valence-corrected chi connectivity index (χ0v) is 7.88. The average molecular weight is 203 g/mol. The average Bonchev–Trinajstić information content (AvgIpc) is 2.72. The van der Waals surface area contributed by atoms with Gasteiger partial charge in [0.25, 0.3) is 0 Å². The quantitative estimate of drug-likeness (QED) is 0.390. The van der Waals surface area contributed by atoms with E-state index in [4.69, 9.17) is 9.94 Å². The van der Waals surface area contributed by atoms with Gasteiger partial charge in [-0.05, 0) is 11.1 Å². The SMILES string of the molecule is O=C1O[C@@H]2Cc3ccccc3[C@@H]2/C1=N\O. The van der Waals surface area contributed by atoms with Crippen LogP contribution in [-0.2, 0) is 16.0 Å². The van der Waals surface area contributed by atoms with Crippen LogP contribution in [0.4, 0.5) is 0 Å². The molecule has 0 unspecified atom stereocenters. The Labute approximate surface area is 86.2 Å². The summed E-state index contributed by atoms with van der Waals surface area (Å²) in [5.41, 5.74) is 2.34. The van der Waals surface area contributed by atoms with Crippen LogP contribution in [0.3, 0.4) is 0 Å². The molecule has 1 heterocycles. The number of hydrogen-bond acceptors (Lipinski definition) is 4. The number of esters is 1. The van der Waals surface area contributed by atoms with Crippen molar-refractivity contribution < 1.29 is 14.7 Å². The van der Waals surface area contributed by atoms with E-state index in [2.05, 4.69) is 5.16 Å². The number of rotatable bonds is 0. The van der Waals surface area contributed by atoms with Crippen molar-refractivity contribution in [2.24, 2.45) is 5.16 Å². The Balaban J connectivity index is 2.13. The molecule has 4 heteroatoms. The first-order valence-electron chi connectivity index (χ1n) is 4.82. The number of hydrogen-bond donors (Lipinski definition) is 1. The van der Waals surface area contributed by atoms with E-state index in [9.17, 15) is 4.79 Å². The van der Waals surface area contributed by atoms with Gasteiger partial charge in [0.05, 0.1) is 5.92 Å². The van der Waals surface area contributed by atoms with Gasteiger partial charge in [-0.15, -0.1) is 0 Å². The lowest BCUT2D eigenvalue weighted by atomic mass is 9.97. The van der Waals surface area contributed by atoms with Crippen LogP contribution in [0.1, 0.15) is 17.0 Å². The monoisotopic (exact) mass is 203 g/mol. The molecule has 1 aromatic carbocycles. The van der Waals surface area contributed by atoms with Crippen molar-refractivity contribution in [3.8, 4) is 0 Å². The second-order valence-corrected chi connectivity index (χ2v) is 3.81. The van der Waals surface area contributed by atoms with Gasteiger partial charge in [-0.2, -0.15) is 0 Å². The highest BCUT2D eigenvalue weighted by atomic mass is 16.6. The van der Waals surface area contributed by atoms with Gasteiger partial charge in [-0.1, -0.05) is 29.4 Å². The van der Waals surface area contributed by atoms with Gasteiger partial charge in [-0.25, -0.2) is 4.79 Å². The largest absolute Gasteiger partial charge is 0.456 e. The number of ether oxygens (including phenoxy) is 1. The third-order valence-electron chi connectivity index (χ3n) is 3.05. The van der Waals surface area contributed by atoms with Crippen LogP contribution in [0, 0.1) is 0 Å². The smallest absolute Gasteiger partial charge is 0.357 e. The third kappa shape index (κ3) is 1.02. The maximum Gasteiger partial charge on any atom is 0.357 e. The molecule has 3 rings (SSSR count). The van der Waals surface area contributed by atoms with E-state index >= 15 is 0 Å². The zero-order chi connectivity index (χ0) is 10.4. The second kappa shape index (κ2) is 2.82. The Bertz CT molecular complexity index is 467. The first kappa shape index (κ1) is 8.47. The van der Waals surface area contributed by atoms with Crippen LogP contribution >= 0.6 is 0 Å². The predicted octanol–water partition coefficient (Wildman–Crippen LogP) is 1.08. The fourth-order valence-corrected chi connectivity index (χ4v) is 2.42. The van der Waals surface area contributed by atoms with E-state index in [1.54, 1.807) is 0 Å². The van der Waals surface area contributed by atoms with Gasteiger partial charge in [0.1, 0.15) is 6.10 Å². The molecule has 2 atom stereocenters. The summed E-state index contributed by atoms with van der Waals surface area (Å²) < 4.78 is 5.14. The third-order valence-corrected chi connectivity index (χ3v) is 3.05. The number of fused-ring (bicyclic) bond motifs is 3. The number of oxime groups is 1. The molecular formula is C11H9NO3. The van der Waals surface area contributed by atoms with Gasteiger partial charge >= 0.3 is 5.97 Å². The van der Waals surface area contributed by atoms with Gasteiger partial charge in [0.2, 0.25) is 0 Å². The molecule has 0 radical (unpaired) electrons. The van der Waals surface area contributed by atoms with E-state index in [0.29, 0.717) is 6.42 Å². The summed E-state index contributed by atoms with van der Waals surface area (Å²) in [7, 11) is 0. The summed E-state index contributed by atoms with van der Waals surface area (Å²) >= 11 is 0. The highest BCUT2D eigenvalue weighted by Gasteiger charge is 2.47. The van der Waals surface area contributed by atoms with Crippen LogP contribution in [0.25, 0.3) is 0 Å². The highest BCUT2D eigenvalue weighted by molar-refractivity contribution is 6.40. The van der Waals surface area contributed by atoms with E-state index in [-0.39, 0.29) is 17.7 Å². The lowest BCUT2D eigenvalue weighted by molar-refractivity contribution is -0.136. The van der Waals surface area contributed by atoms with Gasteiger partial charge in [0, 0.05) is 6.42 Å². The molecule has 0 aromatic heterocycles. The topological polar surface area (TPSA) is 58.9 Å². The molecule has 1 aliphatic carbocycles. The molecule has 1 aliphatic heterocycles. The lowest BCUT2D eigenvalue weighted by Crippen LogP contribution is -2.14. The molecule has 0 spiro atoms. The van der Waals surface area contributed by atoms with Crippen LogP contribution in [0.5, 0.6) is 0 Å². The summed E-state index contributed by atoms with van der Waals surface area (Å²) in [6, 6.07) is 7.83. The fraction of sp³-hybridized carbons (Fsp3) is 0.273. The summed E-state index contributed by atoms with van der Waals surface area (Å²) in [6.45, 7) is 0. The molecule has 0 saturated carbocycles. The maximum atomic E-state index is 11.3. The van der Waals surface area contributed by atoms with E-state index in [0.717, 1.165) is 5.56 Å². The molecule has 2 aliphatic rings. The first-order valence-corrected chi connectivity index (χ1v) is 4.82. The molecular weight excluding hydrogens is 194 g/mol. The normalized spacial score (nSPS) is 30.1. The van der Waals surface area contributed by atoms with Crippen LogP contribution in [0.2, 0.25) is 0 Å². The molecule has 4 nitrogen and oxygen atoms in total. The highest BCUT2D eigenvalue weighted by Crippen LogP contribution is 2.40. The molecule has 1 N–H and O–H groups in total. The predicted molar refractivity (Wildman–Crippen MR) is 52.0 cm³/mol. The Morgan fingerprint density at radius 2 is 2.20 bits per heavy atom. The van der Waals surface area contributed by atoms with Crippen molar-refractivity contribution in [1.82, 2.24) is 0 Å². The van der Waals surface area contributed by atoms with Crippen molar-refractivity contribution in [1.29, 1.82) is 0 Å². The standard InChI is InChI=1S/C11H9NO3/c13-11-10(12-14)9-7-4-2-1-3-6(7)5-8(9)15-11/h1-4,8-9,14H,5H2/b12-10+/t8-,9+/m1/s1. The Morgan fingerprint density at radius 3 is 3.00 bits per heavy atom. The summed E-state index contributed by atoms with van der Waals surface area (Å²) in [5.74, 6) is -0.680. The number of carbonyl (C=O) groups is 1. The van der Waals surface area contributed by atoms with Crippen LogP contribution in [0.15, 0.2) is 29.4 Å². The molecule has 0 amide bonds. The molecule has 1 fully saturated rings. The van der Waals surface area contributed by atoms with E-state index < -0.39 is 5.97 Å².